The molecule has 3 rings (SSSR count). The normalized spacial score (nSPS) is 10.3. The quantitative estimate of drug-likeness (QED) is 0.630. The van der Waals surface area contributed by atoms with Gasteiger partial charge in [-0.1, -0.05) is 48.0 Å². The molecular formula is C22H20ClN3O2. The highest BCUT2D eigenvalue weighted by molar-refractivity contribution is 6.31. The first-order valence-electron chi connectivity index (χ1n) is 8.93. The first-order valence-corrected chi connectivity index (χ1v) is 9.30. The van der Waals surface area contributed by atoms with Crippen molar-refractivity contribution in [1.29, 1.82) is 0 Å². The van der Waals surface area contributed by atoms with Gasteiger partial charge in [0.15, 0.2) is 0 Å². The fourth-order valence-corrected chi connectivity index (χ4v) is 2.96. The van der Waals surface area contributed by atoms with E-state index >= 15 is 0 Å². The van der Waals surface area contributed by atoms with Crippen LogP contribution in [0.15, 0.2) is 73.1 Å². The van der Waals surface area contributed by atoms with Crippen molar-refractivity contribution in [2.45, 2.75) is 19.4 Å². The minimum Gasteiger partial charge on any atom is -0.348 e. The number of halogens is 1. The second-order valence-corrected chi connectivity index (χ2v) is 6.63. The van der Waals surface area contributed by atoms with E-state index < -0.39 is 0 Å². The zero-order valence-electron chi connectivity index (χ0n) is 15.2. The van der Waals surface area contributed by atoms with Gasteiger partial charge in [-0.2, -0.15) is 0 Å². The topological polar surface area (TPSA) is 71.1 Å². The number of nitrogens with one attached hydrogen (secondary N) is 2. The lowest BCUT2D eigenvalue weighted by Gasteiger charge is -2.12. The van der Waals surface area contributed by atoms with Crippen LogP contribution in [0.2, 0.25) is 5.02 Å². The summed E-state index contributed by atoms with van der Waals surface area (Å²) in [4.78, 5) is 28.5. The summed E-state index contributed by atoms with van der Waals surface area (Å²) < 4.78 is 0. The highest BCUT2D eigenvalue weighted by Crippen LogP contribution is 2.18. The number of pyridine rings is 1. The van der Waals surface area contributed by atoms with Gasteiger partial charge < -0.3 is 10.6 Å². The maximum atomic E-state index is 12.4. The number of carbonyl (C=O) groups is 2. The van der Waals surface area contributed by atoms with Crippen molar-refractivity contribution < 1.29 is 9.59 Å². The molecule has 0 unspecified atom stereocenters. The van der Waals surface area contributed by atoms with Gasteiger partial charge in [0.25, 0.3) is 5.91 Å². The van der Waals surface area contributed by atoms with E-state index in [-0.39, 0.29) is 11.8 Å². The van der Waals surface area contributed by atoms with Gasteiger partial charge in [-0.3, -0.25) is 14.6 Å². The summed E-state index contributed by atoms with van der Waals surface area (Å²) in [6.07, 6.45) is 4.01. The molecule has 0 saturated carbocycles. The Balaban J connectivity index is 1.58. The third-order valence-electron chi connectivity index (χ3n) is 4.23. The van der Waals surface area contributed by atoms with Gasteiger partial charge in [0.1, 0.15) is 0 Å². The van der Waals surface area contributed by atoms with Crippen LogP contribution >= 0.6 is 11.6 Å². The molecule has 2 aromatic carbocycles. The molecule has 28 heavy (non-hydrogen) atoms. The summed E-state index contributed by atoms with van der Waals surface area (Å²) in [5, 5.41) is 6.43. The van der Waals surface area contributed by atoms with E-state index in [2.05, 4.69) is 15.6 Å². The lowest BCUT2D eigenvalue weighted by atomic mass is 10.1. The molecule has 0 atom stereocenters. The number of nitrogens with zero attached hydrogens (tertiary/aromatic N) is 1. The Bertz CT molecular complexity index is 961. The van der Waals surface area contributed by atoms with Crippen molar-refractivity contribution in [3.63, 3.8) is 0 Å². The number of hydrogen-bond donors (Lipinski definition) is 2. The van der Waals surface area contributed by atoms with E-state index in [1.807, 2.05) is 48.5 Å². The monoisotopic (exact) mass is 393 g/mol. The highest BCUT2D eigenvalue weighted by atomic mass is 35.5. The van der Waals surface area contributed by atoms with Crippen LogP contribution in [0.4, 0.5) is 5.69 Å². The third kappa shape index (κ3) is 5.41. The van der Waals surface area contributed by atoms with Crippen LogP contribution in [0.1, 0.15) is 27.9 Å². The van der Waals surface area contributed by atoms with E-state index in [0.717, 1.165) is 11.1 Å². The van der Waals surface area contributed by atoms with Crippen molar-refractivity contribution in [3.05, 3.63) is 94.8 Å². The minimum absolute atomic E-state index is 0.106. The van der Waals surface area contributed by atoms with Gasteiger partial charge >= 0.3 is 0 Å². The number of carbonyl (C=O) groups excluding carboxylic acids is 2. The number of rotatable bonds is 7. The van der Waals surface area contributed by atoms with Crippen molar-refractivity contribution in [1.82, 2.24) is 10.3 Å². The number of aryl methyl sites for hydroxylation is 1. The smallest absolute Gasteiger partial charge is 0.253 e. The second-order valence-electron chi connectivity index (χ2n) is 6.22. The highest BCUT2D eigenvalue weighted by Gasteiger charge is 2.10. The van der Waals surface area contributed by atoms with E-state index in [4.69, 9.17) is 11.6 Å². The van der Waals surface area contributed by atoms with Gasteiger partial charge in [-0.05, 0) is 41.8 Å². The molecule has 0 spiro atoms. The molecule has 0 aliphatic rings. The first kappa shape index (κ1) is 19.6. The van der Waals surface area contributed by atoms with Crippen LogP contribution in [0.5, 0.6) is 0 Å². The minimum atomic E-state index is -0.215. The lowest BCUT2D eigenvalue weighted by molar-refractivity contribution is -0.116. The standard InChI is InChI=1S/C22H20ClN3O2/c23-19-9-3-1-6-16(19)11-12-21(27)26-20-10-4-2-7-17(20)15-25-22(28)18-8-5-13-24-14-18/h1-10,13-14H,11-12,15H2,(H,25,28)(H,26,27). The van der Waals surface area contributed by atoms with E-state index in [0.29, 0.717) is 35.7 Å². The number of benzene rings is 2. The molecule has 1 aromatic heterocycles. The number of anilines is 1. The average molecular weight is 394 g/mol. The van der Waals surface area contributed by atoms with Crippen LogP contribution in [0, 0.1) is 0 Å². The van der Waals surface area contributed by atoms with Crippen LogP contribution < -0.4 is 10.6 Å². The zero-order valence-corrected chi connectivity index (χ0v) is 15.9. The van der Waals surface area contributed by atoms with E-state index in [1.54, 1.807) is 18.3 Å². The molecule has 0 radical (unpaired) electrons. The molecule has 0 fully saturated rings. The Labute approximate surface area is 168 Å². The van der Waals surface area contributed by atoms with E-state index in [1.165, 1.54) is 6.20 Å². The van der Waals surface area contributed by atoms with Crippen LogP contribution in [0.25, 0.3) is 0 Å². The molecule has 0 aliphatic carbocycles. The number of para-hydroxylation sites is 1. The van der Waals surface area contributed by atoms with Crippen LogP contribution in [0.3, 0.4) is 0 Å². The van der Waals surface area contributed by atoms with Gasteiger partial charge in [0.2, 0.25) is 5.91 Å². The fourth-order valence-electron chi connectivity index (χ4n) is 2.73. The predicted molar refractivity (Wildman–Crippen MR) is 110 cm³/mol. The first-order chi connectivity index (χ1) is 13.6. The molecule has 0 bridgehead atoms. The van der Waals surface area contributed by atoms with Crippen LogP contribution in [-0.2, 0) is 17.8 Å². The fraction of sp³-hybridized carbons (Fsp3) is 0.136. The lowest BCUT2D eigenvalue weighted by Crippen LogP contribution is -2.24. The maximum absolute atomic E-state index is 12.4. The largest absolute Gasteiger partial charge is 0.348 e. The Hall–Kier alpha value is -3.18. The summed E-state index contributed by atoms with van der Waals surface area (Å²) in [6.45, 7) is 0.300. The molecule has 6 heteroatoms. The zero-order chi connectivity index (χ0) is 19.8. The summed E-state index contributed by atoms with van der Waals surface area (Å²) in [5.74, 6) is -0.320. The summed E-state index contributed by atoms with van der Waals surface area (Å²) >= 11 is 6.14. The van der Waals surface area contributed by atoms with Crippen molar-refractivity contribution >= 4 is 29.1 Å². The van der Waals surface area contributed by atoms with Crippen LogP contribution in [-0.4, -0.2) is 16.8 Å². The number of aromatic nitrogens is 1. The number of amides is 2. The van der Waals surface area contributed by atoms with Crippen molar-refractivity contribution in [2.24, 2.45) is 0 Å². The molecule has 2 N–H and O–H groups in total. The Kier molecular flexibility index (Phi) is 6.76. The Morgan fingerprint density at radius 1 is 0.929 bits per heavy atom. The summed E-state index contributed by atoms with van der Waals surface area (Å²) in [6, 6.07) is 18.3. The predicted octanol–water partition coefficient (Wildman–Crippen LogP) is 4.24. The van der Waals surface area contributed by atoms with Gasteiger partial charge in [-0.25, -0.2) is 0 Å². The summed E-state index contributed by atoms with van der Waals surface area (Å²) in [7, 11) is 0. The second kappa shape index (κ2) is 9.67. The molecule has 1 heterocycles. The molecular weight excluding hydrogens is 374 g/mol. The van der Waals surface area contributed by atoms with Crippen molar-refractivity contribution in [3.8, 4) is 0 Å². The summed E-state index contributed by atoms with van der Waals surface area (Å²) in [5.41, 5.74) is 2.93. The maximum Gasteiger partial charge on any atom is 0.253 e. The molecule has 0 aliphatic heterocycles. The number of hydrogen-bond acceptors (Lipinski definition) is 3. The third-order valence-corrected chi connectivity index (χ3v) is 4.60. The molecule has 142 valence electrons. The molecule has 3 aromatic rings. The van der Waals surface area contributed by atoms with Crippen molar-refractivity contribution in [2.75, 3.05) is 5.32 Å². The molecule has 2 amide bonds. The Morgan fingerprint density at radius 3 is 2.43 bits per heavy atom. The van der Waals surface area contributed by atoms with Gasteiger partial charge in [0.05, 0.1) is 5.56 Å². The SMILES string of the molecule is O=C(CCc1ccccc1Cl)Nc1ccccc1CNC(=O)c1cccnc1. The van der Waals surface area contributed by atoms with Gasteiger partial charge in [-0.15, -0.1) is 0 Å². The average Bonchev–Trinajstić information content (AvgIpc) is 2.73. The van der Waals surface area contributed by atoms with Gasteiger partial charge in [0, 0.05) is 36.1 Å². The van der Waals surface area contributed by atoms with E-state index in [9.17, 15) is 9.59 Å². The molecule has 0 saturated heterocycles. The Morgan fingerprint density at radius 2 is 1.68 bits per heavy atom. The molecule has 5 nitrogen and oxygen atoms in total.